The maximum Gasteiger partial charge on any atom is 0.292 e. The predicted octanol–water partition coefficient (Wildman–Crippen LogP) is 13.2. The van der Waals surface area contributed by atoms with Gasteiger partial charge in [0.2, 0.25) is 0 Å². The molecule has 0 aromatic heterocycles. The lowest BCUT2D eigenvalue weighted by molar-refractivity contribution is 0.399. The highest BCUT2D eigenvalue weighted by Crippen LogP contribution is 2.70. The number of fused-ring (bicyclic) bond motifs is 6. The molecule has 8 nitrogen and oxygen atoms in total. The van der Waals surface area contributed by atoms with Crippen molar-refractivity contribution in [2.24, 2.45) is 0 Å². The molecule has 2 heterocycles. The first-order valence-corrected chi connectivity index (χ1v) is 25.3. The summed E-state index contributed by atoms with van der Waals surface area (Å²) in [7, 11) is -4.32. The van der Waals surface area contributed by atoms with E-state index < -0.39 is 25.0 Å². The number of aliphatic hydroxyl groups is 3. The van der Waals surface area contributed by atoms with Gasteiger partial charge in [0.25, 0.3) is 14.7 Å². The third kappa shape index (κ3) is 8.80. The van der Waals surface area contributed by atoms with E-state index in [1.165, 1.54) is 0 Å². The van der Waals surface area contributed by atoms with Crippen molar-refractivity contribution in [1.82, 2.24) is 0 Å². The molecule has 8 aromatic rings. The highest BCUT2D eigenvalue weighted by molar-refractivity contribution is 7.69. The standard InChI is InChI=1S/C52H40O5P2.C2H6.3CH4O/c1-51(37-17-5-3-6-18-37,58(53)49-27-15-11-23-45(49)43-21-9-13-25-47(43)56-58)39-29-33-41(34-30-39)55-42-35-31-40(32-36-42)52(2,38-19-7-4-8-20-38)59(54)50-28-16-12-24-46(50)44-22-10-14-26-48(44)57-59;4*1-2/h3-36H,1-2H3;1-2H3;3*2H,1H3. The Kier molecular flexibility index (Phi) is 16.3. The van der Waals surface area contributed by atoms with Crippen molar-refractivity contribution >= 4 is 25.3 Å². The minimum atomic E-state index is -3.66. The van der Waals surface area contributed by atoms with Crippen LogP contribution in [0.2, 0.25) is 0 Å². The summed E-state index contributed by atoms with van der Waals surface area (Å²) >= 11 is 0. The van der Waals surface area contributed by atoms with Crippen LogP contribution < -0.4 is 24.4 Å². The number of rotatable bonds is 8. The number of hydrogen-bond donors (Lipinski definition) is 3. The van der Waals surface area contributed by atoms with E-state index in [0.717, 1.165) is 65.8 Å². The van der Waals surface area contributed by atoms with Crippen LogP contribution in [0.15, 0.2) is 206 Å². The molecule has 2 aliphatic heterocycles. The second-order valence-corrected chi connectivity index (χ2v) is 20.7. The van der Waals surface area contributed by atoms with Crippen LogP contribution in [0, 0.1) is 0 Å². The van der Waals surface area contributed by atoms with Crippen LogP contribution in [0.1, 0.15) is 49.9 Å². The van der Waals surface area contributed by atoms with Crippen LogP contribution in [0.4, 0.5) is 0 Å². The summed E-state index contributed by atoms with van der Waals surface area (Å²) in [6.45, 7) is 8.04. The van der Waals surface area contributed by atoms with Crippen LogP contribution in [0.3, 0.4) is 0 Å². The molecule has 0 fully saturated rings. The Morgan fingerprint density at radius 1 is 0.358 bits per heavy atom. The number of para-hydroxylation sites is 2. The van der Waals surface area contributed by atoms with Gasteiger partial charge in [0.05, 0.1) is 10.6 Å². The molecule has 4 atom stereocenters. The molecule has 4 unspecified atom stereocenters. The molecule has 10 rings (SSSR count). The molecule has 2 aliphatic rings. The van der Waals surface area contributed by atoms with Gasteiger partial charge in [0.15, 0.2) is 0 Å². The summed E-state index contributed by atoms with van der Waals surface area (Å²) in [6.07, 6.45) is 0. The Bertz CT molecular complexity index is 2760. The summed E-state index contributed by atoms with van der Waals surface area (Å²) in [5.74, 6) is 2.45. The first-order chi connectivity index (χ1) is 32.7. The van der Waals surface area contributed by atoms with Gasteiger partial charge in [0.1, 0.15) is 33.3 Å². The summed E-state index contributed by atoms with van der Waals surface area (Å²) in [5.41, 5.74) is 7.13. The van der Waals surface area contributed by atoms with E-state index in [1.54, 1.807) is 0 Å². The normalized spacial score (nSPS) is 17.5. The lowest BCUT2D eigenvalue weighted by Crippen LogP contribution is -2.34. The van der Waals surface area contributed by atoms with Gasteiger partial charge in [-0.15, -0.1) is 0 Å². The minimum Gasteiger partial charge on any atom is -0.457 e. The molecule has 0 radical (unpaired) electrons. The largest absolute Gasteiger partial charge is 0.457 e. The maximum atomic E-state index is 15.8. The van der Waals surface area contributed by atoms with Crippen LogP contribution in [0.25, 0.3) is 22.3 Å². The monoisotopic (exact) mass is 932 g/mol. The Hall–Kier alpha value is -6.50. The van der Waals surface area contributed by atoms with Gasteiger partial charge in [0, 0.05) is 32.5 Å². The Balaban J connectivity index is 0.000000881. The lowest BCUT2D eigenvalue weighted by Gasteiger charge is -2.41. The van der Waals surface area contributed by atoms with Gasteiger partial charge in [-0.3, -0.25) is 9.13 Å². The first kappa shape index (κ1) is 49.9. The summed E-state index contributed by atoms with van der Waals surface area (Å²) < 4.78 is 51.5. The highest BCUT2D eigenvalue weighted by Gasteiger charge is 2.55. The summed E-state index contributed by atoms with van der Waals surface area (Å²) in [5, 5.41) is 20.3. The van der Waals surface area contributed by atoms with Gasteiger partial charge in [-0.25, -0.2) is 0 Å². The van der Waals surface area contributed by atoms with Gasteiger partial charge in [-0.05, 0) is 95.8 Å². The second kappa shape index (κ2) is 21.9. The van der Waals surface area contributed by atoms with Crippen molar-refractivity contribution < 1.29 is 38.2 Å². The van der Waals surface area contributed by atoms with E-state index in [9.17, 15) is 0 Å². The molecule has 0 saturated heterocycles. The third-order valence-corrected chi connectivity index (χ3v) is 18.5. The van der Waals surface area contributed by atoms with Crippen LogP contribution in [-0.2, 0) is 19.4 Å². The topological polar surface area (TPSA) is 123 Å². The molecule has 0 bridgehead atoms. The van der Waals surface area contributed by atoms with E-state index >= 15 is 9.13 Å². The predicted molar refractivity (Wildman–Crippen MR) is 274 cm³/mol. The molecule has 0 amide bonds. The number of ether oxygens (including phenoxy) is 1. The zero-order valence-electron chi connectivity index (χ0n) is 38.9. The van der Waals surface area contributed by atoms with E-state index in [0.29, 0.717) is 33.6 Å². The SMILES string of the molecule is CC.CC(c1ccccc1)(c1ccc(Oc2ccc(C(C)(c3ccccc3)P3(=O)Oc4ccccc4-c4ccccc43)cc2)cc1)P1(=O)Oc2ccccc2-c2ccccc21.CO.CO.CO. The summed E-state index contributed by atoms with van der Waals surface area (Å²) in [6, 6.07) is 66.8. The van der Waals surface area contributed by atoms with E-state index in [4.69, 9.17) is 29.1 Å². The Labute approximate surface area is 395 Å². The second-order valence-electron chi connectivity index (χ2n) is 15.3. The molecule has 8 aromatic carbocycles. The third-order valence-electron chi connectivity index (χ3n) is 12.2. The fourth-order valence-electron chi connectivity index (χ4n) is 8.86. The van der Waals surface area contributed by atoms with Crippen LogP contribution >= 0.6 is 14.7 Å². The quantitative estimate of drug-likeness (QED) is 0.129. The average Bonchev–Trinajstić information content (AvgIpc) is 3.41. The number of hydrogen-bond acceptors (Lipinski definition) is 8. The van der Waals surface area contributed by atoms with Crippen molar-refractivity contribution in [3.63, 3.8) is 0 Å². The molecule has 3 N–H and O–H groups in total. The van der Waals surface area contributed by atoms with Gasteiger partial charge < -0.3 is 29.1 Å². The van der Waals surface area contributed by atoms with Crippen molar-refractivity contribution in [3.05, 3.63) is 229 Å². The van der Waals surface area contributed by atoms with E-state index in [2.05, 4.69) is 0 Å². The summed E-state index contributed by atoms with van der Waals surface area (Å²) in [4.78, 5) is 0. The molecular weight excluding hydrogens is 875 g/mol. The first-order valence-electron chi connectivity index (χ1n) is 22.1. The van der Waals surface area contributed by atoms with Crippen molar-refractivity contribution in [3.8, 4) is 45.3 Å². The fourth-order valence-corrected chi connectivity index (χ4v) is 14.8. The molecule has 0 spiro atoms. The van der Waals surface area contributed by atoms with Crippen LogP contribution in [0.5, 0.6) is 23.0 Å². The molecule has 67 heavy (non-hydrogen) atoms. The average molecular weight is 933 g/mol. The van der Waals surface area contributed by atoms with Crippen molar-refractivity contribution in [2.75, 3.05) is 21.3 Å². The molecule has 10 heteroatoms. The molecule has 344 valence electrons. The smallest absolute Gasteiger partial charge is 0.292 e. The van der Waals surface area contributed by atoms with Crippen LogP contribution in [-0.4, -0.2) is 36.6 Å². The maximum absolute atomic E-state index is 15.8. The van der Waals surface area contributed by atoms with E-state index in [1.807, 2.05) is 234 Å². The highest BCUT2D eigenvalue weighted by atomic mass is 31.2. The fraction of sp³-hybridized carbons (Fsp3) is 0.158. The van der Waals surface area contributed by atoms with Gasteiger partial charge in [-0.2, -0.15) is 0 Å². The molecule has 0 aliphatic carbocycles. The van der Waals surface area contributed by atoms with Gasteiger partial charge in [-0.1, -0.05) is 172 Å². The number of benzene rings is 8. The van der Waals surface area contributed by atoms with Crippen molar-refractivity contribution in [2.45, 2.75) is 38.0 Å². The zero-order valence-corrected chi connectivity index (χ0v) is 40.7. The number of aliphatic hydroxyl groups excluding tert-OH is 3. The Morgan fingerprint density at radius 2 is 0.627 bits per heavy atom. The molecule has 0 saturated carbocycles. The minimum absolute atomic E-state index is 0.609. The zero-order chi connectivity index (χ0) is 48.2. The van der Waals surface area contributed by atoms with E-state index in [-0.39, 0.29) is 0 Å². The van der Waals surface area contributed by atoms with Crippen molar-refractivity contribution in [1.29, 1.82) is 0 Å². The molecular formula is C57H58O8P2. The Morgan fingerprint density at radius 3 is 0.970 bits per heavy atom. The van der Waals surface area contributed by atoms with Gasteiger partial charge >= 0.3 is 0 Å². The lowest BCUT2D eigenvalue weighted by atomic mass is 9.92.